The zero-order chi connectivity index (χ0) is 47.2. The Morgan fingerprint density at radius 3 is 1.02 bits per heavy atom. The second kappa shape index (κ2) is 52.9. The average Bonchev–Trinajstić information content (AvgIpc) is 3.30. The predicted octanol–water partition coefficient (Wildman–Crippen LogP) is 17.8. The van der Waals surface area contributed by atoms with Crippen LogP contribution in [0, 0.1) is 0 Å². The van der Waals surface area contributed by atoms with Gasteiger partial charge in [-0.05, 0) is 116 Å². The number of allylic oxidation sites excluding steroid dienone is 16. The van der Waals surface area contributed by atoms with Gasteiger partial charge in [-0.3, -0.25) is 14.4 Å². The van der Waals surface area contributed by atoms with Gasteiger partial charge in [0.15, 0.2) is 6.10 Å². The maximum Gasteiger partial charge on any atom is 0.306 e. The van der Waals surface area contributed by atoms with Gasteiger partial charge in [-0.15, -0.1) is 0 Å². The van der Waals surface area contributed by atoms with Crippen LogP contribution in [0.5, 0.6) is 0 Å². The fourth-order valence-electron chi connectivity index (χ4n) is 7.03. The molecule has 0 bridgehead atoms. The Morgan fingerprint density at radius 2 is 0.631 bits per heavy atom. The number of hydrogen-bond donors (Lipinski definition) is 0. The molecular weight excluding hydrogens is 805 g/mol. The molecule has 0 aromatic carbocycles. The number of hydrogen-bond acceptors (Lipinski definition) is 6. The molecule has 65 heavy (non-hydrogen) atoms. The lowest BCUT2D eigenvalue weighted by Gasteiger charge is -2.18. The molecule has 0 amide bonds. The first-order valence-electron chi connectivity index (χ1n) is 26.7. The molecule has 6 nitrogen and oxygen atoms in total. The van der Waals surface area contributed by atoms with Gasteiger partial charge in [0.2, 0.25) is 0 Å². The van der Waals surface area contributed by atoms with E-state index < -0.39 is 6.10 Å². The summed E-state index contributed by atoms with van der Waals surface area (Å²) >= 11 is 0. The molecule has 0 N–H and O–H groups in total. The van der Waals surface area contributed by atoms with Crippen molar-refractivity contribution in [3.63, 3.8) is 0 Å². The van der Waals surface area contributed by atoms with Gasteiger partial charge in [0.05, 0.1) is 0 Å². The van der Waals surface area contributed by atoms with E-state index in [0.717, 1.165) is 141 Å². The van der Waals surface area contributed by atoms with Crippen LogP contribution in [0.25, 0.3) is 0 Å². The van der Waals surface area contributed by atoms with E-state index in [1.54, 1.807) is 0 Å². The number of unbranched alkanes of at least 4 members (excludes halogenated alkanes) is 20. The first-order chi connectivity index (χ1) is 32.0. The van der Waals surface area contributed by atoms with Crippen molar-refractivity contribution in [2.45, 2.75) is 245 Å². The molecule has 0 heterocycles. The lowest BCUT2D eigenvalue weighted by atomic mass is 10.1. The lowest BCUT2D eigenvalue weighted by Crippen LogP contribution is -2.30. The number of carbonyl (C=O) groups excluding carboxylic acids is 3. The van der Waals surface area contributed by atoms with Gasteiger partial charge in [0.1, 0.15) is 13.2 Å². The zero-order valence-corrected chi connectivity index (χ0v) is 42.2. The number of esters is 3. The number of ether oxygens (including phenoxy) is 3. The van der Waals surface area contributed by atoms with Gasteiger partial charge in [-0.25, -0.2) is 0 Å². The summed E-state index contributed by atoms with van der Waals surface area (Å²) in [7, 11) is 0. The average molecular weight is 903 g/mol. The topological polar surface area (TPSA) is 78.9 Å². The van der Waals surface area contributed by atoms with Crippen LogP contribution in [0.15, 0.2) is 97.2 Å². The largest absolute Gasteiger partial charge is 0.462 e. The first-order valence-corrected chi connectivity index (χ1v) is 26.7. The van der Waals surface area contributed by atoms with Gasteiger partial charge < -0.3 is 14.2 Å². The van der Waals surface area contributed by atoms with E-state index in [1.165, 1.54) is 57.8 Å². The minimum atomic E-state index is -0.790. The van der Waals surface area contributed by atoms with Crippen molar-refractivity contribution >= 4 is 17.9 Å². The normalized spacial score (nSPS) is 12.8. The summed E-state index contributed by atoms with van der Waals surface area (Å²) in [6.07, 6.45) is 69.7. The molecular formula is C59H98O6. The van der Waals surface area contributed by atoms with Crippen molar-refractivity contribution in [3.05, 3.63) is 97.2 Å². The molecule has 0 saturated heterocycles. The summed E-state index contributed by atoms with van der Waals surface area (Å²) in [6.45, 7) is 6.40. The third-order valence-corrected chi connectivity index (χ3v) is 11.0. The Labute approximate surface area is 400 Å². The first kappa shape index (κ1) is 61.3. The van der Waals surface area contributed by atoms with E-state index in [-0.39, 0.29) is 31.1 Å². The molecule has 6 heteroatoms. The molecule has 0 aliphatic rings. The molecule has 0 radical (unpaired) electrons. The molecule has 0 aromatic rings. The van der Waals surface area contributed by atoms with E-state index in [2.05, 4.69) is 118 Å². The quantitative estimate of drug-likeness (QED) is 0.0262. The van der Waals surface area contributed by atoms with Gasteiger partial charge in [-0.2, -0.15) is 0 Å². The summed E-state index contributed by atoms with van der Waals surface area (Å²) < 4.78 is 16.7. The SMILES string of the molecule is CC/C=C\C/C=C\C/C=C\C/C=C\C/C=C\C/C=C\CCCCCCCCC(=O)OCC(COC(=O)CCCCCCC/C=C\CCC)OC(=O)CCCCCCC/C=C\CCCCC. The highest BCUT2D eigenvalue weighted by atomic mass is 16.6. The van der Waals surface area contributed by atoms with Gasteiger partial charge >= 0.3 is 17.9 Å². The fourth-order valence-corrected chi connectivity index (χ4v) is 7.03. The van der Waals surface area contributed by atoms with Crippen LogP contribution in [-0.2, 0) is 28.6 Å². The summed E-state index contributed by atoms with van der Waals surface area (Å²) in [4.78, 5) is 37.9. The molecule has 0 saturated carbocycles. The van der Waals surface area contributed by atoms with Gasteiger partial charge in [-0.1, -0.05) is 201 Å². The van der Waals surface area contributed by atoms with E-state index >= 15 is 0 Å². The second-order valence-corrected chi connectivity index (χ2v) is 17.4. The number of carbonyl (C=O) groups is 3. The Bertz CT molecular complexity index is 1310. The third kappa shape index (κ3) is 51.2. The summed E-state index contributed by atoms with van der Waals surface area (Å²) in [6, 6.07) is 0. The minimum Gasteiger partial charge on any atom is -0.462 e. The smallest absolute Gasteiger partial charge is 0.306 e. The monoisotopic (exact) mass is 903 g/mol. The molecule has 0 aliphatic carbocycles. The Kier molecular flexibility index (Phi) is 50.0. The van der Waals surface area contributed by atoms with E-state index in [0.29, 0.717) is 19.3 Å². The van der Waals surface area contributed by atoms with Crippen LogP contribution in [0.3, 0.4) is 0 Å². The highest BCUT2D eigenvalue weighted by Crippen LogP contribution is 2.13. The van der Waals surface area contributed by atoms with Crippen molar-refractivity contribution in [2.75, 3.05) is 13.2 Å². The molecule has 1 unspecified atom stereocenters. The van der Waals surface area contributed by atoms with Crippen LogP contribution in [0.2, 0.25) is 0 Å². The van der Waals surface area contributed by atoms with Crippen molar-refractivity contribution in [1.82, 2.24) is 0 Å². The van der Waals surface area contributed by atoms with E-state index in [4.69, 9.17) is 14.2 Å². The molecule has 370 valence electrons. The third-order valence-electron chi connectivity index (χ3n) is 11.0. The standard InChI is InChI=1S/C59H98O6/c1-4-7-10-13-16-19-22-24-25-26-27-28-29-30-31-32-33-34-35-36-38-40-43-46-49-52-58(61)64-55-56(54-63-57(60)51-48-45-42-39-21-18-15-12-9-6-3)65-59(62)53-50-47-44-41-37-23-20-17-14-11-8-5-2/h7,10,12,15-17,19-20,24-25,27-28,30-31,33-34,56H,4-6,8-9,11,13-14,18,21-23,26,29,32,35-55H2,1-3H3/b10-7-,15-12-,19-16-,20-17-,25-24-,28-27-,31-30-,34-33-. The Morgan fingerprint density at radius 1 is 0.323 bits per heavy atom. The minimum absolute atomic E-state index is 0.0908. The summed E-state index contributed by atoms with van der Waals surface area (Å²) in [5.74, 6) is -0.929. The Balaban J connectivity index is 4.31. The summed E-state index contributed by atoms with van der Waals surface area (Å²) in [5, 5.41) is 0. The van der Waals surface area contributed by atoms with Crippen molar-refractivity contribution in [2.24, 2.45) is 0 Å². The van der Waals surface area contributed by atoms with Crippen LogP contribution in [0.4, 0.5) is 0 Å². The second-order valence-electron chi connectivity index (χ2n) is 17.4. The van der Waals surface area contributed by atoms with Crippen molar-refractivity contribution in [1.29, 1.82) is 0 Å². The van der Waals surface area contributed by atoms with Crippen LogP contribution >= 0.6 is 0 Å². The molecule has 0 aromatic heterocycles. The van der Waals surface area contributed by atoms with Crippen LogP contribution in [-0.4, -0.2) is 37.2 Å². The van der Waals surface area contributed by atoms with Gasteiger partial charge in [0, 0.05) is 19.3 Å². The fraction of sp³-hybridized carbons (Fsp3) is 0.678. The van der Waals surface area contributed by atoms with Crippen molar-refractivity contribution < 1.29 is 28.6 Å². The van der Waals surface area contributed by atoms with E-state index in [1.807, 2.05) is 0 Å². The lowest BCUT2D eigenvalue weighted by molar-refractivity contribution is -0.167. The molecule has 0 fully saturated rings. The summed E-state index contributed by atoms with van der Waals surface area (Å²) in [5.41, 5.74) is 0. The number of rotatable bonds is 47. The van der Waals surface area contributed by atoms with E-state index in [9.17, 15) is 14.4 Å². The van der Waals surface area contributed by atoms with Crippen LogP contribution < -0.4 is 0 Å². The molecule has 0 spiro atoms. The van der Waals surface area contributed by atoms with Crippen LogP contribution in [0.1, 0.15) is 239 Å². The highest BCUT2D eigenvalue weighted by Gasteiger charge is 2.19. The zero-order valence-electron chi connectivity index (χ0n) is 42.2. The maximum absolute atomic E-state index is 12.8. The maximum atomic E-state index is 12.8. The molecule has 0 aliphatic heterocycles. The molecule has 1 atom stereocenters. The Hall–Kier alpha value is -3.67. The van der Waals surface area contributed by atoms with Crippen molar-refractivity contribution in [3.8, 4) is 0 Å². The predicted molar refractivity (Wildman–Crippen MR) is 279 cm³/mol. The highest BCUT2D eigenvalue weighted by molar-refractivity contribution is 5.71. The molecule has 0 rings (SSSR count). The van der Waals surface area contributed by atoms with Gasteiger partial charge in [0.25, 0.3) is 0 Å².